The maximum absolute atomic E-state index is 12.8. The smallest absolute Gasteiger partial charge is 0.377 e. The number of rotatable bonds is 4. The number of aromatic nitrogens is 4. The molecular weight excluding hydrogens is 409 g/mol. The summed E-state index contributed by atoms with van der Waals surface area (Å²) in [5.74, 6) is -1.09. The van der Waals surface area contributed by atoms with Crippen molar-refractivity contribution in [3.63, 3.8) is 0 Å². The molecule has 0 aliphatic rings. The molecule has 144 valence electrons. The highest BCUT2D eigenvalue weighted by molar-refractivity contribution is 6.37. The van der Waals surface area contributed by atoms with E-state index >= 15 is 0 Å². The van der Waals surface area contributed by atoms with Crippen LogP contribution in [-0.4, -0.2) is 43.4 Å². The van der Waals surface area contributed by atoms with Crippen LogP contribution < -0.4 is 10.6 Å². The van der Waals surface area contributed by atoms with Gasteiger partial charge in [-0.05, 0) is 53.7 Å². The number of amides is 1. The molecule has 3 aromatic rings. The Morgan fingerprint density at radius 1 is 1.07 bits per heavy atom. The van der Waals surface area contributed by atoms with Crippen LogP contribution in [0, 0.1) is 0 Å². The largest absolute Gasteiger partial charge is 0.478 e. The topological polar surface area (TPSA) is 110 Å². The monoisotopic (exact) mass is 421 g/mol. The van der Waals surface area contributed by atoms with Crippen LogP contribution in [-0.2, 0) is 0 Å². The van der Waals surface area contributed by atoms with Crippen LogP contribution in [0.5, 0.6) is 0 Å². The van der Waals surface area contributed by atoms with E-state index in [1.807, 2.05) is 0 Å². The molecule has 11 heteroatoms. The van der Waals surface area contributed by atoms with E-state index < -0.39 is 17.7 Å². The van der Waals surface area contributed by atoms with Crippen molar-refractivity contribution >= 4 is 40.9 Å². The van der Waals surface area contributed by atoms with E-state index in [9.17, 15) is 14.4 Å². The van der Waals surface area contributed by atoms with E-state index in [0.717, 1.165) is 4.68 Å². The number of carboxylic acids is 1. The van der Waals surface area contributed by atoms with Gasteiger partial charge in [0.25, 0.3) is 0 Å². The van der Waals surface area contributed by atoms with Crippen LogP contribution in [0.1, 0.15) is 17.3 Å². The minimum Gasteiger partial charge on any atom is -0.478 e. The lowest BCUT2D eigenvalue weighted by Gasteiger charge is -2.19. The molecule has 3 rings (SSSR count). The number of halogens is 2. The van der Waals surface area contributed by atoms with Gasteiger partial charge in [0, 0.05) is 12.2 Å². The van der Waals surface area contributed by atoms with Gasteiger partial charge in [-0.25, -0.2) is 14.4 Å². The van der Waals surface area contributed by atoms with Gasteiger partial charge in [-0.3, -0.25) is 4.90 Å². The summed E-state index contributed by atoms with van der Waals surface area (Å²) in [6, 6.07) is 9.54. The van der Waals surface area contributed by atoms with E-state index in [4.69, 9.17) is 28.3 Å². The van der Waals surface area contributed by atoms with Gasteiger partial charge in [0.05, 0.1) is 15.6 Å². The Labute approximate surface area is 168 Å². The van der Waals surface area contributed by atoms with Gasteiger partial charge in [0.2, 0.25) is 0 Å². The maximum atomic E-state index is 12.8. The first-order chi connectivity index (χ1) is 13.3. The molecule has 0 radical (unpaired) electrons. The van der Waals surface area contributed by atoms with E-state index in [1.54, 1.807) is 13.0 Å². The Morgan fingerprint density at radius 3 is 2.21 bits per heavy atom. The highest BCUT2D eigenvalue weighted by Crippen LogP contribution is 2.26. The number of carboxylic acid groups (broad SMARTS) is 1. The van der Waals surface area contributed by atoms with Crippen molar-refractivity contribution in [2.24, 2.45) is 0 Å². The zero-order valence-electron chi connectivity index (χ0n) is 14.4. The molecule has 1 heterocycles. The third-order valence-corrected chi connectivity index (χ3v) is 4.49. The van der Waals surface area contributed by atoms with Gasteiger partial charge >= 0.3 is 17.7 Å². The molecule has 0 spiro atoms. The number of aromatic carboxylic acids is 1. The van der Waals surface area contributed by atoms with Crippen LogP contribution in [0.15, 0.2) is 47.3 Å². The minimum absolute atomic E-state index is 0.0729. The summed E-state index contributed by atoms with van der Waals surface area (Å²) < 4.78 is 1.41. The van der Waals surface area contributed by atoms with Gasteiger partial charge in [-0.1, -0.05) is 29.3 Å². The number of para-hydroxylation sites is 1. The SMILES string of the molecule is CCN(C(=O)n1nnn(-c2c(Cl)cccc2Cl)c1=O)c1ccc(C(=O)O)cc1. The fourth-order valence-electron chi connectivity index (χ4n) is 2.52. The molecule has 0 aliphatic carbocycles. The number of carbonyl (C=O) groups excluding carboxylic acids is 1. The van der Waals surface area contributed by atoms with Crippen molar-refractivity contribution in [3.8, 4) is 5.69 Å². The van der Waals surface area contributed by atoms with E-state index in [1.165, 1.54) is 41.3 Å². The number of anilines is 1. The fourth-order valence-corrected chi connectivity index (χ4v) is 3.08. The van der Waals surface area contributed by atoms with Crippen LogP contribution in [0.25, 0.3) is 5.69 Å². The quantitative estimate of drug-likeness (QED) is 0.648. The summed E-state index contributed by atoms with van der Waals surface area (Å²) in [6.07, 6.45) is 0. The van der Waals surface area contributed by atoms with Gasteiger partial charge in [-0.2, -0.15) is 4.68 Å². The lowest BCUT2D eigenvalue weighted by molar-refractivity contribution is 0.0697. The van der Waals surface area contributed by atoms with Crippen molar-refractivity contribution in [2.45, 2.75) is 6.92 Å². The first-order valence-electron chi connectivity index (χ1n) is 7.99. The first kappa shape index (κ1) is 19.6. The zero-order valence-corrected chi connectivity index (χ0v) is 15.9. The molecule has 9 nitrogen and oxygen atoms in total. The van der Waals surface area contributed by atoms with Crippen molar-refractivity contribution < 1.29 is 14.7 Å². The normalized spacial score (nSPS) is 10.7. The number of tetrazole rings is 1. The van der Waals surface area contributed by atoms with E-state index in [2.05, 4.69) is 10.4 Å². The lowest BCUT2D eigenvalue weighted by Crippen LogP contribution is -2.41. The summed E-state index contributed by atoms with van der Waals surface area (Å²) >= 11 is 12.2. The Balaban J connectivity index is 1.99. The number of hydrogen-bond donors (Lipinski definition) is 1. The molecule has 0 aliphatic heterocycles. The van der Waals surface area contributed by atoms with Crippen LogP contribution in [0.2, 0.25) is 10.0 Å². The van der Waals surface area contributed by atoms with Crippen molar-refractivity contribution in [1.82, 2.24) is 19.8 Å². The van der Waals surface area contributed by atoms with Gasteiger partial charge in [0.15, 0.2) is 0 Å². The molecule has 0 unspecified atom stereocenters. The molecule has 0 fully saturated rings. The number of carbonyl (C=O) groups is 2. The number of nitrogens with zero attached hydrogens (tertiary/aromatic N) is 5. The Morgan fingerprint density at radius 2 is 1.68 bits per heavy atom. The Bertz CT molecular complexity index is 1090. The standard InChI is InChI=1S/C17H13Cl2N5O4/c1-2-22(11-8-6-10(7-9-11)15(25)26)16(27)24-17(28)23(20-21-24)14-12(18)4-3-5-13(14)19/h3-9H,2H2,1H3,(H,25,26). The van der Waals surface area contributed by atoms with Gasteiger partial charge < -0.3 is 5.11 Å². The average molecular weight is 422 g/mol. The highest BCUT2D eigenvalue weighted by atomic mass is 35.5. The predicted molar refractivity (Wildman–Crippen MR) is 103 cm³/mol. The third kappa shape index (κ3) is 3.49. The summed E-state index contributed by atoms with van der Waals surface area (Å²) in [5.41, 5.74) is -0.261. The van der Waals surface area contributed by atoms with Crippen molar-refractivity contribution in [2.75, 3.05) is 11.4 Å². The van der Waals surface area contributed by atoms with Crippen molar-refractivity contribution in [3.05, 3.63) is 68.6 Å². The molecule has 28 heavy (non-hydrogen) atoms. The number of hydrogen-bond acceptors (Lipinski definition) is 5. The van der Waals surface area contributed by atoms with Crippen molar-refractivity contribution in [1.29, 1.82) is 0 Å². The molecule has 0 saturated heterocycles. The van der Waals surface area contributed by atoms with E-state index in [-0.39, 0.29) is 27.8 Å². The molecule has 0 bridgehead atoms. The molecular formula is C17H13Cl2N5O4. The predicted octanol–water partition coefficient (Wildman–Crippen LogP) is 2.93. The minimum atomic E-state index is -1.09. The molecule has 1 N–H and O–H groups in total. The lowest BCUT2D eigenvalue weighted by atomic mass is 10.2. The molecule has 0 saturated carbocycles. The second-order valence-electron chi connectivity index (χ2n) is 5.53. The third-order valence-electron chi connectivity index (χ3n) is 3.88. The summed E-state index contributed by atoms with van der Waals surface area (Å²) in [7, 11) is 0. The zero-order chi connectivity index (χ0) is 20.4. The fraction of sp³-hybridized carbons (Fsp3) is 0.118. The van der Waals surface area contributed by atoms with Gasteiger partial charge in [-0.15, -0.1) is 4.68 Å². The molecule has 1 aromatic heterocycles. The number of benzene rings is 2. The average Bonchev–Trinajstić information content (AvgIpc) is 3.04. The summed E-state index contributed by atoms with van der Waals surface area (Å²) in [6.45, 7) is 1.90. The summed E-state index contributed by atoms with van der Waals surface area (Å²) in [5, 5.41) is 16.7. The van der Waals surface area contributed by atoms with Gasteiger partial charge in [0.1, 0.15) is 5.69 Å². The Hall–Kier alpha value is -3.17. The first-order valence-corrected chi connectivity index (χ1v) is 8.75. The molecule has 2 aromatic carbocycles. The van der Waals surface area contributed by atoms with Crippen LogP contribution in [0.3, 0.4) is 0 Å². The Kier molecular flexibility index (Phi) is 5.48. The highest BCUT2D eigenvalue weighted by Gasteiger charge is 2.23. The second-order valence-corrected chi connectivity index (χ2v) is 6.35. The van der Waals surface area contributed by atoms with Crippen LogP contribution >= 0.6 is 23.2 Å². The molecule has 1 amide bonds. The maximum Gasteiger partial charge on any atom is 0.377 e. The molecule has 0 atom stereocenters. The second kappa shape index (κ2) is 7.83. The summed E-state index contributed by atoms with van der Waals surface area (Å²) in [4.78, 5) is 37.7. The van der Waals surface area contributed by atoms with Crippen LogP contribution in [0.4, 0.5) is 10.5 Å². The van der Waals surface area contributed by atoms with E-state index in [0.29, 0.717) is 10.4 Å².